The molecule has 7 heteroatoms. The fraction of sp³-hybridized carbons (Fsp3) is 0.304. The van der Waals surface area contributed by atoms with Crippen LogP contribution in [0.4, 0.5) is 0 Å². The van der Waals surface area contributed by atoms with Crippen molar-refractivity contribution in [2.75, 3.05) is 27.9 Å². The van der Waals surface area contributed by atoms with Crippen molar-refractivity contribution in [2.45, 2.75) is 18.9 Å². The Kier molecular flexibility index (Phi) is 5.61. The fourth-order valence-corrected chi connectivity index (χ4v) is 3.92. The van der Waals surface area contributed by atoms with Gasteiger partial charge < -0.3 is 19.1 Å². The molecule has 1 atom stereocenters. The zero-order valence-electron chi connectivity index (χ0n) is 17.4. The molecule has 1 aliphatic rings. The Bertz CT molecular complexity index is 1030. The van der Waals surface area contributed by atoms with Crippen LogP contribution < -0.4 is 14.2 Å². The minimum atomic E-state index is -0.140. The van der Waals surface area contributed by atoms with E-state index in [1.165, 1.54) is 0 Å². The molecule has 30 heavy (non-hydrogen) atoms. The molecule has 1 unspecified atom stereocenters. The van der Waals surface area contributed by atoms with Crippen molar-refractivity contribution in [3.63, 3.8) is 0 Å². The van der Waals surface area contributed by atoms with Crippen LogP contribution in [-0.4, -0.2) is 48.5 Å². The summed E-state index contributed by atoms with van der Waals surface area (Å²) in [4.78, 5) is 15.3. The van der Waals surface area contributed by atoms with E-state index in [2.05, 4.69) is 5.10 Å². The molecule has 7 nitrogen and oxygen atoms in total. The van der Waals surface area contributed by atoms with Crippen molar-refractivity contribution < 1.29 is 19.0 Å². The van der Waals surface area contributed by atoms with E-state index in [1.54, 1.807) is 32.2 Å². The lowest BCUT2D eigenvalue weighted by Gasteiger charge is -2.25. The molecule has 3 aromatic rings. The summed E-state index contributed by atoms with van der Waals surface area (Å²) in [5, 5.41) is 4.54. The highest BCUT2D eigenvalue weighted by molar-refractivity contribution is 5.95. The van der Waals surface area contributed by atoms with Gasteiger partial charge in [0, 0.05) is 6.54 Å². The maximum absolute atomic E-state index is 13.4. The summed E-state index contributed by atoms with van der Waals surface area (Å²) in [7, 11) is 4.78. The normalized spacial score (nSPS) is 15.8. The number of hydrogen-bond donors (Lipinski definition) is 0. The van der Waals surface area contributed by atoms with Crippen LogP contribution >= 0.6 is 0 Å². The molecule has 2 aromatic carbocycles. The fourth-order valence-electron chi connectivity index (χ4n) is 3.92. The first-order chi connectivity index (χ1) is 14.7. The Morgan fingerprint density at radius 1 is 0.967 bits per heavy atom. The van der Waals surface area contributed by atoms with Crippen LogP contribution in [0.1, 0.15) is 34.9 Å². The SMILES string of the molecule is COc1ccc(C2CCCN2C(=O)c2nn(-c3ccccc3)cc2OC)cc1OC. The molecule has 2 heterocycles. The first-order valence-corrected chi connectivity index (χ1v) is 9.88. The van der Waals surface area contributed by atoms with Crippen molar-refractivity contribution in [1.82, 2.24) is 14.7 Å². The predicted molar refractivity (Wildman–Crippen MR) is 113 cm³/mol. The van der Waals surface area contributed by atoms with Crippen molar-refractivity contribution in [3.05, 3.63) is 66.0 Å². The number of aromatic nitrogens is 2. The summed E-state index contributed by atoms with van der Waals surface area (Å²) in [6.45, 7) is 0.666. The van der Waals surface area contributed by atoms with Gasteiger partial charge in [-0.25, -0.2) is 4.68 Å². The van der Waals surface area contributed by atoms with Crippen LogP contribution in [0.2, 0.25) is 0 Å². The molecule has 0 aliphatic carbocycles. The van der Waals surface area contributed by atoms with Crippen LogP contribution in [0.15, 0.2) is 54.7 Å². The number of benzene rings is 2. The minimum Gasteiger partial charge on any atom is -0.493 e. The second kappa shape index (κ2) is 8.49. The smallest absolute Gasteiger partial charge is 0.278 e. The van der Waals surface area contributed by atoms with E-state index >= 15 is 0 Å². The summed E-state index contributed by atoms with van der Waals surface area (Å²) >= 11 is 0. The summed E-state index contributed by atoms with van der Waals surface area (Å²) in [5.74, 6) is 1.64. The second-order valence-corrected chi connectivity index (χ2v) is 7.10. The molecule has 1 aromatic heterocycles. The molecule has 0 N–H and O–H groups in total. The predicted octanol–water partition coefficient (Wildman–Crippen LogP) is 3.88. The topological polar surface area (TPSA) is 65.8 Å². The maximum Gasteiger partial charge on any atom is 0.278 e. The van der Waals surface area contributed by atoms with Gasteiger partial charge in [0.2, 0.25) is 0 Å². The number of carbonyl (C=O) groups is 1. The molecule has 0 radical (unpaired) electrons. The van der Waals surface area contributed by atoms with E-state index in [4.69, 9.17) is 14.2 Å². The van der Waals surface area contributed by atoms with Gasteiger partial charge in [0.25, 0.3) is 5.91 Å². The summed E-state index contributed by atoms with van der Waals surface area (Å²) in [6, 6.07) is 15.4. The largest absolute Gasteiger partial charge is 0.493 e. The van der Waals surface area contributed by atoms with Crippen LogP contribution in [0.25, 0.3) is 5.69 Å². The summed E-state index contributed by atoms with van der Waals surface area (Å²) in [6.07, 6.45) is 3.54. The molecular formula is C23H25N3O4. The quantitative estimate of drug-likeness (QED) is 0.621. The average molecular weight is 407 g/mol. The van der Waals surface area contributed by atoms with E-state index in [-0.39, 0.29) is 11.9 Å². The molecule has 0 saturated carbocycles. The van der Waals surface area contributed by atoms with Gasteiger partial charge in [-0.1, -0.05) is 24.3 Å². The Morgan fingerprint density at radius 2 is 1.70 bits per heavy atom. The number of rotatable bonds is 6. The number of likely N-dealkylation sites (tertiary alicyclic amines) is 1. The lowest BCUT2D eigenvalue weighted by Crippen LogP contribution is -2.31. The van der Waals surface area contributed by atoms with Gasteiger partial charge in [-0.2, -0.15) is 5.10 Å². The van der Waals surface area contributed by atoms with Crippen LogP contribution in [-0.2, 0) is 0 Å². The molecule has 4 rings (SSSR count). The Hall–Kier alpha value is -3.48. The molecule has 0 spiro atoms. The van der Waals surface area contributed by atoms with Gasteiger partial charge in [0.1, 0.15) is 0 Å². The standard InChI is InChI=1S/C23H25N3O4/c1-28-19-12-11-16(14-20(19)29-2)18-10-7-13-25(18)23(27)22-21(30-3)15-26(24-22)17-8-5-4-6-9-17/h4-6,8-9,11-12,14-15,18H,7,10,13H2,1-3H3. The highest BCUT2D eigenvalue weighted by Crippen LogP contribution is 2.38. The molecule has 1 saturated heterocycles. The summed E-state index contributed by atoms with van der Waals surface area (Å²) < 4.78 is 17.9. The minimum absolute atomic E-state index is 0.0520. The summed E-state index contributed by atoms with van der Waals surface area (Å²) in [5.41, 5.74) is 2.20. The van der Waals surface area contributed by atoms with Crippen molar-refractivity contribution >= 4 is 5.91 Å². The maximum atomic E-state index is 13.4. The van der Waals surface area contributed by atoms with Crippen molar-refractivity contribution in [1.29, 1.82) is 0 Å². The molecule has 156 valence electrons. The molecule has 1 aliphatic heterocycles. The third kappa shape index (κ3) is 3.58. The first kappa shape index (κ1) is 19.8. The number of ether oxygens (including phenoxy) is 3. The average Bonchev–Trinajstić information content (AvgIpc) is 3.46. The number of nitrogens with zero attached hydrogens (tertiary/aromatic N) is 3. The van der Waals surface area contributed by atoms with E-state index in [0.29, 0.717) is 29.5 Å². The lowest BCUT2D eigenvalue weighted by atomic mass is 10.0. The number of para-hydroxylation sites is 1. The second-order valence-electron chi connectivity index (χ2n) is 7.10. The van der Waals surface area contributed by atoms with E-state index < -0.39 is 0 Å². The Labute approximate surface area is 175 Å². The molecule has 1 fully saturated rings. The molecular weight excluding hydrogens is 382 g/mol. The molecule has 0 bridgehead atoms. The number of carbonyl (C=O) groups excluding carboxylic acids is 1. The van der Waals surface area contributed by atoms with E-state index in [9.17, 15) is 4.79 Å². The zero-order valence-corrected chi connectivity index (χ0v) is 17.4. The van der Waals surface area contributed by atoms with Gasteiger partial charge >= 0.3 is 0 Å². The van der Waals surface area contributed by atoms with Gasteiger partial charge in [-0.3, -0.25) is 4.79 Å². The Morgan fingerprint density at radius 3 is 2.40 bits per heavy atom. The third-order valence-corrected chi connectivity index (χ3v) is 5.43. The third-order valence-electron chi connectivity index (χ3n) is 5.43. The van der Waals surface area contributed by atoms with Crippen molar-refractivity contribution in [2.24, 2.45) is 0 Å². The van der Waals surface area contributed by atoms with Gasteiger partial charge in [-0.15, -0.1) is 0 Å². The van der Waals surface area contributed by atoms with Crippen LogP contribution in [0.5, 0.6) is 17.2 Å². The van der Waals surface area contributed by atoms with Crippen LogP contribution in [0.3, 0.4) is 0 Å². The van der Waals surface area contributed by atoms with Crippen molar-refractivity contribution in [3.8, 4) is 22.9 Å². The van der Waals surface area contributed by atoms with E-state index in [0.717, 1.165) is 24.1 Å². The highest BCUT2D eigenvalue weighted by atomic mass is 16.5. The van der Waals surface area contributed by atoms with E-state index in [1.807, 2.05) is 53.4 Å². The van der Waals surface area contributed by atoms with Crippen LogP contribution in [0, 0.1) is 0 Å². The van der Waals surface area contributed by atoms with Gasteiger partial charge in [0.15, 0.2) is 22.9 Å². The van der Waals surface area contributed by atoms with Gasteiger partial charge in [0.05, 0.1) is 39.3 Å². The Balaban J connectivity index is 1.65. The lowest BCUT2D eigenvalue weighted by molar-refractivity contribution is 0.0725. The first-order valence-electron chi connectivity index (χ1n) is 9.88. The van der Waals surface area contributed by atoms with Gasteiger partial charge in [-0.05, 0) is 42.7 Å². The number of methoxy groups -OCH3 is 3. The molecule has 1 amide bonds. The number of amides is 1. The monoisotopic (exact) mass is 407 g/mol. The number of hydrogen-bond acceptors (Lipinski definition) is 5. The zero-order chi connectivity index (χ0) is 21.1. The highest BCUT2D eigenvalue weighted by Gasteiger charge is 2.34.